The quantitative estimate of drug-likeness (QED) is 0.313. The Morgan fingerprint density at radius 2 is 1.85 bits per heavy atom. The van der Waals surface area contributed by atoms with E-state index in [2.05, 4.69) is 40.2 Å². The highest BCUT2D eigenvalue weighted by molar-refractivity contribution is 5.91. The molecule has 0 saturated heterocycles. The fraction of sp³-hybridized carbons (Fsp3) is 0.185. The number of imidazole rings is 1. The Morgan fingerprint density at radius 3 is 2.70 bits per heavy atom. The van der Waals surface area contributed by atoms with Crippen LogP contribution in [0.3, 0.4) is 0 Å². The van der Waals surface area contributed by atoms with E-state index in [1.165, 1.54) is 17.0 Å². The molecule has 0 bridgehead atoms. The molecule has 0 spiro atoms. The summed E-state index contributed by atoms with van der Waals surface area (Å²) in [6.45, 7) is 3.24. The van der Waals surface area contributed by atoms with Gasteiger partial charge in [0, 0.05) is 6.54 Å². The van der Waals surface area contributed by atoms with Crippen LogP contribution in [0.15, 0.2) is 89.5 Å². The lowest BCUT2D eigenvalue weighted by atomic mass is 10.1. The molecule has 2 heterocycles. The molecule has 0 radical (unpaired) electrons. The Morgan fingerprint density at radius 1 is 1.03 bits per heavy atom. The standard InChI is InChI=1S/C27H25N3O3/c1-19(28-27(31)25-12-6-16-33-25)26-29-23-10-4-5-11-24(23)30(26)15-7-17-32-22-14-13-20-8-2-3-9-21(20)18-22/h2-6,8-14,16,18-19H,7,15,17H2,1H3,(H,28,31). The summed E-state index contributed by atoms with van der Waals surface area (Å²) >= 11 is 0. The van der Waals surface area contributed by atoms with Crippen molar-refractivity contribution in [3.05, 3.63) is 96.7 Å². The summed E-state index contributed by atoms with van der Waals surface area (Å²) in [6, 6.07) is 25.5. The van der Waals surface area contributed by atoms with Crippen molar-refractivity contribution in [1.82, 2.24) is 14.9 Å². The van der Waals surface area contributed by atoms with E-state index < -0.39 is 0 Å². The lowest BCUT2D eigenvalue weighted by Gasteiger charge is -2.16. The number of nitrogens with one attached hydrogen (secondary N) is 1. The number of furan rings is 1. The molecular weight excluding hydrogens is 414 g/mol. The maximum absolute atomic E-state index is 12.5. The summed E-state index contributed by atoms with van der Waals surface area (Å²) in [5, 5.41) is 5.35. The first-order chi connectivity index (χ1) is 16.2. The summed E-state index contributed by atoms with van der Waals surface area (Å²) in [5.74, 6) is 1.70. The van der Waals surface area contributed by atoms with Crippen LogP contribution in [0.5, 0.6) is 5.75 Å². The molecule has 1 unspecified atom stereocenters. The summed E-state index contributed by atoms with van der Waals surface area (Å²) in [5.41, 5.74) is 1.94. The van der Waals surface area contributed by atoms with Crippen LogP contribution in [0.2, 0.25) is 0 Å². The fourth-order valence-electron chi connectivity index (χ4n) is 4.07. The van der Waals surface area contributed by atoms with Crippen molar-refractivity contribution < 1.29 is 13.9 Å². The first kappa shape index (κ1) is 20.8. The molecule has 5 rings (SSSR count). The molecule has 6 nitrogen and oxygen atoms in total. The second-order valence-electron chi connectivity index (χ2n) is 7.99. The molecule has 0 saturated carbocycles. The van der Waals surface area contributed by atoms with Gasteiger partial charge in [-0.2, -0.15) is 0 Å². The average Bonchev–Trinajstić information content (AvgIpc) is 3.50. The van der Waals surface area contributed by atoms with Crippen LogP contribution >= 0.6 is 0 Å². The highest BCUT2D eigenvalue weighted by atomic mass is 16.5. The number of aromatic nitrogens is 2. The van der Waals surface area contributed by atoms with Gasteiger partial charge in [-0.05, 0) is 60.5 Å². The molecule has 33 heavy (non-hydrogen) atoms. The van der Waals surface area contributed by atoms with Gasteiger partial charge in [0.25, 0.3) is 5.91 Å². The number of aryl methyl sites for hydroxylation is 1. The van der Waals surface area contributed by atoms with E-state index in [4.69, 9.17) is 14.1 Å². The highest BCUT2D eigenvalue weighted by Crippen LogP contribution is 2.23. The number of hydrogen-bond donors (Lipinski definition) is 1. The monoisotopic (exact) mass is 439 g/mol. The Hall–Kier alpha value is -4.06. The van der Waals surface area contributed by atoms with E-state index in [0.29, 0.717) is 6.61 Å². The largest absolute Gasteiger partial charge is 0.494 e. The van der Waals surface area contributed by atoms with Gasteiger partial charge in [-0.25, -0.2) is 4.98 Å². The van der Waals surface area contributed by atoms with Crippen molar-refractivity contribution in [3.63, 3.8) is 0 Å². The number of para-hydroxylation sites is 2. The number of carbonyl (C=O) groups is 1. The van der Waals surface area contributed by atoms with Gasteiger partial charge >= 0.3 is 0 Å². The molecule has 1 amide bonds. The number of ether oxygens (including phenoxy) is 1. The van der Waals surface area contributed by atoms with Crippen molar-refractivity contribution >= 4 is 27.7 Å². The third-order valence-electron chi connectivity index (χ3n) is 5.68. The number of fused-ring (bicyclic) bond motifs is 2. The number of benzene rings is 3. The van der Waals surface area contributed by atoms with E-state index in [0.717, 1.165) is 35.6 Å². The first-order valence-electron chi connectivity index (χ1n) is 11.1. The first-order valence-corrected chi connectivity index (χ1v) is 11.1. The zero-order valence-corrected chi connectivity index (χ0v) is 18.4. The molecule has 0 aliphatic rings. The molecule has 0 aliphatic carbocycles. The van der Waals surface area contributed by atoms with Crippen LogP contribution in [0.1, 0.15) is 35.8 Å². The van der Waals surface area contributed by atoms with Gasteiger partial charge in [0.15, 0.2) is 5.76 Å². The van der Waals surface area contributed by atoms with E-state index in [9.17, 15) is 4.79 Å². The Balaban J connectivity index is 1.29. The van der Waals surface area contributed by atoms with Crippen molar-refractivity contribution in [2.75, 3.05) is 6.61 Å². The van der Waals surface area contributed by atoms with Gasteiger partial charge in [-0.15, -0.1) is 0 Å². The second kappa shape index (κ2) is 9.20. The van der Waals surface area contributed by atoms with E-state index in [1.807, 2.05) is 43.3 Å². The molecule has 0 fully saturated rings. The number of hydrogen-bond acceptors (Lipinski definition) is 4. The van der Waals surface area contributed by atoms with Crippen molar-refractivity contribution in [2.45, 2.75) is 25.9 Å². The normalized spacial score (nSPS) is 12.2. The maximum Gasteiger partial charge on any atom is 0.287 e. The third-order valence-corrected chi connectivity index (χ3v) is 5.68. The van der Waals surface area contributed by atoms with Crippen LogP contribution in [0.25, 0.3) is 21.8 Å². The molecule has 2 aromatic heterocycles. The lowest BCUT2D eigenvalue weighted by Crippen LogP contribution is -2.28. The second-order valence-corrected chi connectivity index (χ2v) is 7.99. The molecule has 166 valence electrons. The van der Waals surface area contributed by atoms with Crippen LogP contribution in [0.4, 0.5) is 0 Å². The van der Waals surface area contributed by atoms with Crippen LogP contribution in [0, 0.1) is 0 Å². The summed E-state index contributed by atoms with van der Waals surface area (Å²) in [4.78, 5) is 17.3. The van der Waals surface area contributed by atoms with E-state index in [1.54, 1.807) is 12.1 Å². The molecule has 5 aromatic rings. The maximum atomic E-state index is 12.5. The Kier molecular flexibility index (Phi) is 5.81. The minimum Gasteiger partial charge on any atom is -0.494 e. The zero-order chi connectivity index (χ0) is 22.6. The molecule has 0 aliphatic heterocycles. The van der Waals surface area contributed by atoms with Crippen LogP contribution in [-0.4, -0.2) is 22.1 Å². The molecule has 1 atom stereocenters. The lowest BCUT2D eigenvalue weighted by molar-refractivity contribution is 0.0909. The van der Waals surface area contributed by atoms with Crippen molar-refractivity contribution in [3.8, 4) is 5.75 Å². The number of carbonyl (C=O) groups excluding carboxylic acids is 1. The zero-order valence-electron chi connectivity index (χ0n) is 18.4. The van der Waals surface area contributed by atoms with Gasteiger partial charge in [0.05, 0.1) is 29.9 Å². The van der Waals surface area contributed by atoms with Crippen molar-refractivity contribution in [1.29, 1.82) is 0 Å². The van der Waals surface area contributed by atoms with Gasteiger partial charge < -0.3 is 19.0 Å². The fourth-order valence-corrected chi connectivity index (χ4v) is 4.07. The molecule has 3 aromatic carbocycles. The highest BCUT2D eigenvalue weighted by Gasteiger charge is 2.20. The van der Waals surface area contributed by atoms with E-state index in [-0.39, 0.29) is 17.7 Å². The summed E-state index contributed by atoms with van der Waals surface area (Å²) < 4.78 is 13.4. The summed E-state index contributed by atoms with van der Waals surface area (Å²) in [6.07, 6.45) is 2.30. The van der Waals surface area contributed by atoms with E-state index >= 15 is 0 Å². The number of rotatable bonds is 8. The molecule has 6 heteroatoms. The predicted molar refractivity (Wildman–Crippen MR) is 128 cm³/mol. The van der Waals surface area contributed by atoms with Crippen LogP contribution < -0.4 is 10.1 Å². The minimum absolute atomic E-state index is 0.259. The smallest absolute Gasteiger partial charge is 0.287 e. The van der Waals surface area contributed by atoms with Gasteiger partial charge in [0.1, 0.15) is 11.6 Å². The van der Waals surface area contributed by atoms with Crippen molar-refractivity contribution in [2.24, 2.45) is 0 Å². The van der Waals surface area contributed by atoms with Gasteiger partial charge in [-0.1, -0.05) is 42.5 Å². The molecule has 1 N–H and O–H groups in total. The number of amides is 1. The SMILES string of the molecule is CC(NC(=O)c1ccco1)c1nc2ccccc2n1CCCOc1ccc2ccccc2c1. The Labute approximate surface area is 191 Å². The average molecular weight is 440 g/mol. The topological polar surface area (TPSA) is 69.3 Å². The Bertz CT molecular complexity index is 1390. The summed E-state index contributed by atoms with van der Waals surface area (Å²) in [7, 11) is 0. The molecular formula is C27H25N3O3. The van der Waals surface area contributed by atoms with Crippen LogP contribution in [-0.2, 0) is 6.54 Å². The van der Waals surface area contributed by atoms with Gasteiger partial charge in [0.2, 0.25) is 0 Å². The predicted octanol–water partition coefficient (Wildman–Crippen LogP) is 5.74. The van der Waals surface area contributed by atoms with Gasteiger partial charge in [-0.3, -0.25) is 4.79 Å². The minimum atomic E-state index is -0.281. The third kappa shape index (κ3) is 4.46. The number of nitrogens with zero attached hydrogens (tertiary/aromatic N) is 2.